The Morgan fingerprint density at radius 3 is 2.56 bits per heavy atom. The van der Waals surface area contributed by atoms with Crippen molar-refractivity contribution in [3.8, 4) is 0 Å². The number of hydrogen-bond donors (Lipinski definition) is 1. The first-order chi connectivity index (χ1) is 12.0. The normalized spacial score (nSPS) is 17.3. The van der Waals surface area contributed by atoms with Crippen LogP contribution in [0.3, 0.4) is 0 Å². The van der Waals surface area contributed by atoms with Crippen molar-refractivity contribution in [2.45, 2.75) is 17.7 Å². The Bertz CT molecular complexity index is 952. The molecular formula is C17H20N4O2S2. The number of aromatic nitrogens is 2. The lowest BCUT2D eigenvalue weighted by Gasteiger charge is -2.33. The standard InChI is InChI=1S/C17H20N4O2S2/c1-13-6-7-17(24-13)25(22,23)21-10-8-20(9-11-21)12-16-18-14-4-2-3-5-15(14)19-16/h2-7H,8-12H2,1H3,(H,18,19). The van der Waals surface area contributed by atoms with Crippen molar-refractivity contribution in [2.24, 2.45) is 0 Å². The number of benzene rings is 1. The highest BCUT2D eigenvalue weighted by Crippen LogP contribution is 2.25. The van der Waals surface area contributed by atoms with Gasteiger partial charge >= 0.3 is 0 Å². The van der Waals surface area contributed by atoms with Gasteiger partial charge in [0.2, 0.25) is 0 Å². The monoisotopic (exact) mass is 376 g/mol. The Morgan fingerprint density at radius 2 is 1.88 bits per heavy atom. The smallest absolute Gasteiger partial charge is 0.252 e. The minimum atomic E-state index is -3.36. The first-order valence-electron chi connectivity index (χ1n) is 8.25. The molecule has 0 saturated carbocycles. The van der Waals surface area contributed by atoms with E-state index in [0.717, 1.165) is 21.7 Å². The van der Waals surface area contributed by atoms with Gasteiger partial charge in [-0.1, -0.05) is 12.1 Å². The zero-order chi connectivity index (χ0) is 17.4. The minimum absolute atomic E-state index is 0.440. The van der Waals surface area contributed by atoms with Crippen molar-refractivity contribution in [3.63, 3.8) is 0 Å². The number of piperazine rings is 1. The SMILES string of the molecule is Cc1ccc(S(=O)(=O)N2CCN(Cc3nc4ccccc4[nH]3)CC2)s1. The van der Waals surface area contributed by atoms with Crippen molar-refractivity contribution in [3.05, 3.63) is 47.1 Å². The highest BCUT2D eigenvalue weighted by Gasteiger charge is 2.29. The molecule has 3 aromatic rings. The van der Waals surface area contributed by atoms with E-state index < -0.39 is 10.0 Å². The fraction of sp³-hybridized carbons (Fsp3) is 0.353. The summed E-state index contributed by atoms with van der Waals surface area (Å²) in [6.45, 7) is 5.08. The fourth-order valence-corrected chi connectivity index (χ4v) is 5.96. The number of rotatable bonds is 4. The van der Waals surface area contributed by atoms with Gasteiger partial charge in [-0.05, 0) is 31.2 Å². The molecule has 0 unspecified atom stereocenters. The number of sulfonamides is 1. The molecule has 1 saturated heterocycles. The van der Waals surface area contributed by atoms with Crippen molar-refractivity contribution in [1.82, 2.24) is 19.2 Å². The summed E-state index contributed by atoms with van der Waals surface area (Å²) >= 11 is 1.34. The average Bonchev–Trinajstić information content (AvgIpc) is 3.21. The van der Waals surface area contributed by atoms with Gasteiger partial charge in [-0.25, -0.2) is 13.4 Å². The molecule has 1 aliphatic heterocycles. The van der Waals surface area contributed by atoms with Crippen LogP contribution >= 0.6 is 11.3 Å². The van der Waals surface area contributed by atoms with E-state index in [2.05, 4.69) is 14.9 Å². The van der Waals surface area contributed by atoms with E-state index in [-0.39, 0.29) is 0 Å². The fourth-order valence-electron chi connectivity index (χ4n) is 3.10. The van der Waals surface area contributed by atoms with E-state index in [4.69, 9.17) is 0 Å². The number of nitrogens with zero attached hydrogens (tertiary/aromatic N) is 3. The number of H-pyrrole nitrogens is 1. The molecule has 0 atom stereocenters. The van der Waals surface area contributed by atoms with E-state index in [1.165, 1.54) is 11.3 Å². The highest BCUT2D eigenvalue weighted by atomic mass is 32.2. The molecule has 0 bridgehead atoms. The third kappa shape index (κ3) is 3.35. The lowest BCUT2D eigenvalue weighted by atomic mass is 10.3. The number of thiophene rings is 1. The number of aromatic amines is 1. The Hall–Kier alpha value is -1.74. The Kier molecular flexibility index (Phi) is 4.36. The number of aryl methyl sites for hydroxylation is 1. The van der Waals surface area contributed by atoms with E-state index in [1.807, 2.05) is 37.3 Å². The van der Waals surface area contributed by atoms with E-state index in [9.17, 15) is 8.42 Å². The first kappa shape index (κ1) is 16.7. The molecule has 25 heavy (non-hydrogen) atoms. The predicted molar refractivity (Wildman–Crippen MR) is 99.2 cm³/mol. The molecule has 132 valence electrons. The summed E-state index contributed by atoms with van der Waals surface area (Å²) in [5.74, 6) is 0.923. The second-order valence-electron chi connectivity index (χ2n) is 6.25. The van der Waals surface area contributed by atoms with E-state index in [1.54, 1.807) is 10.4 Å². The molecule has 1 aliphatic rings. The van der Waals surface area contributed by atoms with Gasteiger partial charge in [-0.2, -0.15) is 4.31 Å². The van der Waals surface area contributed by atoms with Gasteiger partial charge in [-0.3, -0.25) is 4.90 Å². The number of hydrogen-bond acceptors (Lipinski definition) is 5. The summed E-state index contributed by atoms with van der Waals surface area (Å²) in [5, 5.41) is 0. The Morgan fingerprint density at radius 1 is 1.12 bits per heavy atom. The van der Waals surface area contributed by atoms with Crippen LogP contribution < -0.4 is 0 Å². The quantitative estimate of drug-likeness (QED) is 0.759. The van der Waals surface area contributed by atoms with Crippen LogP contribution in [0.2, 0.25) is 0 Å². The molecule has 2 aromatic heterocycles. The maximum absolute atomic E-state index is 12.7. The average molecular weight is 377 g/mol. The van der Waals surface area contributed by atoms with Crippen LogP contribution in [0.25, 0.3) is 11.0 Å². The lowest BCUT2D eigenvalue weighted by molar-refractivity contribution is 0.179. The molecule has 0 aliphatic carbocycles. The lowest BCUT2D eigenvalue weighted by Crippen LogP contribution is -2.48. The van der Waals surface area contributed by atoms with E-state index >= 15 is 0 Å². The van der Waals surface area contributed by atoms with Crippen LogP contribution in [-0.2, 0) is 16.6 Å². The summed E-state index contributed by atoms with van der Waals surface area (Å²) in [5.41, 5.74) is 2.00. The molecule has 0 radical (unpaired) electrons. The molecule has 0 amide bonds. The molecule has 3 heterocycles. The van der Waals surface area contributed by atoms with Gasteiger partial charge in [0.1, 0.15) is 10.0 Å². The van der Waals surface area contributed by atoms with Gasteiger partial charge in [0.15, 0.2) is 0 Å². The highest BCUT2D eigenvalue weighted by molar-refractivity contribution is 7.91. The van der Waals surface area contributed by atoms with Gasteiger partial charge < -0.3 is 4.98 Å². The molecule has 8 heteroatoms. The maximum atomic E-state index is 12.7. The first-order valence-corrected chi connectivity index (χ1v) is 10.5. The molecule has 1 N–H and O–H groups in total. The van der Waals surface area contributed by atoms with Crippen LogP contribution in [-0.4, -0.2) is 53.8 Å². The molecule has 1 aromatic carbocycles. The van der Waals surface area contributed by atoms with Crippen LogP contribution in [0.5, 0.6) is 0 Å². The topological polar surface area (TPSA) is 69.3 Å². The summed E-state index contributed by atoms with van der Waals surface area (Å²) in [4.78, 5) is 11.2. The molecule has 1 fully saturated rings. The van der Waals surface area contributed by atoms with Crippen molar-refractivity contribution < 1.29 is 8.42 Å². The van der Waals surface area contributed by atoms with Crippen LogP contribution in [0, 0.1) is 6.92 Å². The largest absolute Gasteiger partial charge is 0.341 e. The maximum Gasteiger partial charge on any atom is 0.252 e. The Labute approximate surface area is 151 Å². The van der Waals surface area contributed by atoms with E-state index in [0.29, 0.717) is 36.9 Å². The zero-order valence-electron chi connectivity index (χ0n) is 14.0. The molecule has 6 nitrogen and oxygen atoms in total. The van der Waals surface area contributed by atoms with Crippen molar-refractivity contribution in [2.75, 3.05) is 26.2 Å². The minimum Gasteiger partial charge on any atom is -0.341 e. The number of imidazole rings is 1. The number of para-hydroxylation sites is 2. The third-order valence-corrected chi connectivity index (χ3v) is 7.82. The summed E-state index contributed by atoms with van der Waals surface area (Å²) in [6, 6.07) is 11.5. The van der Waals surface area contributed by atoms with Gasteiger partial charge in [0.25, 0.3) is 10.0 Å². The van der Waals surface area contributed by atoms with Crippen molar-refractivity contribution >= 4 is 32.4 Å². The summed E-state index contributed by atoms with van der Waals surface area (Å²) < 4.78 is 27.4. The predicted octanol–water partition coefficient (Wildman–Crippen LogP) is 2.44. The molecule has 4 rings (SSSR count). The second kappa shape index (κ2) is 6.53. The van der Waals surface area contributed by atoms with Gasteiger partial charge in [-0.15, -0.1) is 11.3 Å². The van der Waals surface area contributed by atoms with Crippen LogP contribution in [0.1, 0.15) is 10.7 Å². The number of fused-ring (bicyclic) bond motifs is 1. The second-order valence-corrected chi connectivity index (χ2v) is 9.70. The van der Waals surface area contributed by atoms with Gasteiger partial charge in [0, 0.05) is 31.1 Å². The zero-order valence-corrected chi connectivity index (χ0v) is 15.6. The van der Waals surface area contributed by atoms with Crippen LogP contribution in [0.15, 0.2) is 40.6 Å². The summed E-state index contributed by atoms with van der Waals surface area (Å²) in [7, 11) is -3.36. The Balaban J connectivity index is 1.41. The summed E-state index contributed by atoms with van der Waals surface area (Å²) in [6.07, 6.45) is 0. The van der Waals surface area contributed by atoms with Gasteiger partial charge in [0.05, 0.1) is 17.6 Å². The third-order valence-electron chi connectivity index (χ3n) is 4.45. The van der Waals surface area contributed by atoms with Crippen molar-refractivity contribution in [1.29, 1.82) is 0 Å². The molecule has 0 spiro atoms. The van der Waals surface area contributed by atoms with Crippen LogP contribution in [0.4, 0.5) is 0 Å². The number of nitrogens with one attached hydrogen (secondary N) is 1. The molecular weight excluding hydrogens is 356 g/mol.